The topological polar surface area (TPSA) is 57.4 Å². The first-order valence-electron chi connectivity index (χ1n) is 9.80. The van der Waals surface area contributed by atoms with E-state index in [1.165, 1.54) is 27.7 Å². The van der Waals surface area contributed by atoms with Gasteiger partial charge in [-0.2, -0.15) is 0 Å². The minimum Gasteiger partial charge on any atom is -0.441 e. The summed E-state index contributed by atoms with van der Waals surface area (Å²) in [5.74, 6) is 0. The summed E-state index contributed by atoms with van der Waals surface area (Å²) in [5.41, 5.74) is 4.96. The normalized spacial score (nSPS) is 22.7. The van der Waals surface area contributed by atoms with Crippen LogP contribution in [0.5, 0.6) is 0 Å². The molecule has 1 aromatic carbocycles. The minimum absolute atomic E-state index is 0.163. The van der Waals surface area contributed by atoms with E-state index in [9.17, 15) is 4.79 Å². The molecule has 1 amide bonds. The number of nitrogens with one attached hydrogen (secondary N) is 2. The van der Waals surface area contributed by atoms with Gasteiger partial charge in [0.25, 0.3) is 0 Å². The third-order valence-electron chi connectivity index (χ3n) is 6.29. The summed E-state index contributed by atoms with van der Waals surface area (Å²) in [7, 11) is 0. The van der Waals surface area contributed by atoms with Gasteiger partial charge in [0.05, 0.1) is 6.04 Å². The van der Waals surface area contributed by atoms with Crippen molar-refractivity contribution >= 4 is 17.0 Å². The van der Waals surface area contributed by atoms with E-state index in [2.05, 4.69) is 54.2 Å². The van der Waals surface area contributed by atoms with Crippen LogP contribution in [0.1, 0.15) is 43.0 Å². The number of ether oxygens (including phenoxy) is 1. The fourth-order valence-electron chi connectivity index (χ4n) is 4.73. The van der Waals surface area contributed by atoms with Crippen LogP contribution in [0.2, 0.25) is 0 Å². The first kappa shape index (κ1) is 17.4. The van der Waals surface area contributed by atoms with Gasteiger partial charge >= 0.3 is 6.09 Å². The highest BCUT2D eigenvalue weighted by atomic mass is 16.6. The number of hydrogen-bond acceptors (Lipinski definition) is 3. The van der Waals surface area contributed by atoms with Crippen LogP contribution in [-0.4, -0.2) is 47.3 Å². The number of aromatic nitrogens is 1. The molecule has 0 bridgehead atoms. The van der Waals surface area contributed by atoms with Gasteiger partial charge in [0.2, 0.25) is 0 Å². The number of hydrogen-bond donors (Lipinski definition) is 2. The summed E-state index contributed by atoms with van der Waals surface area (Å²) in [6, 6.07) is 6.82. The van der Waals surface area contributed by atoms with Crippen molar-refractivity contribution in [3.05, 3.63) is 35.0 Å². The predicted octanol–water partition coefficient (Wildman–Crippen LogP) is 3.68. The average molecular weight is 355 g/mol. The van der Waals surface area contributed by atoms with Gasteiger partial charge in [-0.15, -0.1) is 0 Å². The maximum Gasteiger partial charge on any atom is 0.408 e. The Labute approximate surface area is 155 Å². The number of H-pyrrole nitrogens is 1. The molecule has 2 N–H and O–H groups in total. The molecule has 2 saturated heterocycles. The molecule has 140 valence electrons. The predicted molar refractivity (Wildman–Crippen MR) is 104 cm³/mol. The van der Waals surface area contributed by atoms with E-state index < -0.39 is 0 Å². The molecule has 0 saturated carbocycles. The van der Waals surface area contributed by atoms with Gasteiger partial charge in [0, 0.05) is 49.1 Å². The second kappa shape index (κ2) is 6.62. The van der Waals surface area contributed by atoms with Crippen LogP contribution < -0.4 is 5.32 Å². The van der Waals surface area contributed by atoms with E-state index in [-0.39, 0.29) is 17.7 Å². The van der Waals surface area contributed by atoms with Gasteiger partial charge in [0.1, 0.15) is 5.60 Å². The van der Waals surface area contributed by atoms with Crippen molar-refractivity contribution in [3.8, 4) is 0 Å². The van der Waals surface area contributed by atoms with E-state index in [1.54, 1.807) is 0 Å². The fourth-order valence-corrected chi connectivity index (χ4v) is 4.73. The van der Waals surface area contributed by atoms with E-state index in [4.69, 9.17) is 4.74 Å². The van der Waals surface area contributed by atoms with E-state index >= 15 is 0 Å². The van der Waals surface area contributed by atoms with Crippen LogP contribution in [0.4, 0.5) is 4.79 Å². The molecule has 0 aliphatic carbocycles. The van der Waals surface area contributed by atoms with Crippen molar-refractivity contribution in [1.29, 1.82) is 0 Å². The Morgan fingerprint density at radius 2 is 2.04 bits per heavy atom. The van der Waals surface area contributed by atoms with Crippen LogP contribution >= 0.6 is 0 Å². The van der Waals surface area contributed by atoms with Crippen LogP contribution in [0.15, 0.2) is 18.2 Å². The highest BCUT2D eigenvalue weighted by molar-refractivity contribution is 5.85. The zero-order valence-electron chi connectivity index (χ0n) is 16.0. The Balaban J connectivity index is 1.40. The lowest BCUT2D eigenvalue weighted by Gasteiger charge is -2.40. The van der Waals surface area contributed by atoms with E-state index in [0.29, 0.717) is 0 Å². The van der Waals surface area contributed by atoms with Crippen molar-refractivity contribution < 1.29 is 9.53 Å². The monoisotopic (exact) mass is 355 g/mol. The Morgan fingerprint density at radius 1 is 1.27 bits per heavy atom. The minimum atomic E-state index is -0.281. The summed E-state index contributed by atoms with van der Waals surface area (Å²) >= 11 is 0. The molecule has 3 heterocycles. The molecule has 1 unspecified atom stereocenters. The Bertz CT molecular complexity index is 818. The van der Waals surface area contributed by atoms with Crippen molar-refractivity contribution in [2.24, 2.45) is 0 Å². The number of piperidine rings is 1. The van der Waals surface area contributed by atoms with Crippen molar-refractivity contribution in [2.45, 2.75) is 58.1 Å². The molecular formula is C21H29N3O2. The maximum atomic E-state index is 11.7. The molecule has 0 radical (unpaired) electrons. The number of fused-ring (bicyclic) bond motifs is 1. The van der Waals surface area contributed by atoms with Crippen LogP contribution in [0.25, 0.3) is 10.9 Å². The number of benzene rings is 1. The Kier molecular flexibility index (Phi) is 4.43. The largest absolute Gasteiger partial charge is 0.441 e. The maximum absolute atomic E-state index is 11.7. The van der Waals surface area contributed by atoms with Crippen LogP contribution in [-0.2, 0) is 11.2 Å². The van der Waals surface area contributed by atoms with Gasteiger partial charge in [-0.25, -0.2) is 4.79 Å². The molecule has 2 aromatic rings. The molecule has 1 spiro atoms. The molecule has 5 nitrogen and oxygen atoms in total. The zero-order valence-corrected chi connectivity index (χ0v) is 16.0. The van der Waals surface area contributed by atoms with Gasteiger partial charge in [-0.3, -0.25) is 0 Å². The smallest absolute Gasteiger partial charge is 0.408 e. The number of carbonyl (C=O) groups excluding carboxylic acids is 1. The lowest BCUT2D eigenvalue weighted by molar-refractivity contribution is -0.0188. The highest BCUT2D eigenvalue weighted by Crippen LogP contribution is 2.35. The summed E-state index contributed by atoms with van der Waals surface area (Å²) in [5, 5.41) is 4.33. The Hall–Kier alpha value is -2.01. The molecule has 4 rings (SSSR count). The summed E-state index contributed by atoms with van der Waals surface area (Å²) in [6.07, 6.45) is 3.60. The number of alkyl carbamates (subject to hydrolysis) is 1. The lowest BCUT2D eigenvalue weighted by Crippen LogP contribution is -2.51. The second-order valence-corrected chi connectivity index (χ2v) is 7.93. The SMILES string of the molecule is CCC1NC(=O)OC12CCN(CCc1c(C)[nH]c3cc(C)ccc13)CC2. The average Bonchev–Trinajstić information content (AvgIpc) is 3.09. The molecule has 5 heteroatoms. The third-order valence-corrected chi connectivity index (χ3v) is 6.29. The van der Waals surface area contributed by atoms with Crippen molar-refractivity contribution in [1.82, 2.24) is 15.2 Å². The van der Waals surface area contributed by atoms with Gasteiger partial charge in [-0.05, 0) is 43.9 Å². The van der Waals surface area contributed by atoms with Gasteiger partial charge in [0.15, 0.2) is 0 Å². The number of aromatic amines is 1. The lowest BCUT2D eigenvalue weighted by atomic mass is 9.83. The summed E-state index contributed by atoms with van der Waals surface area (Å²) in [6.45, 7) is 9.46. The molecule has 2 aliphatic rings. The van der Waals surface area contributed by atoms with E-state index in [0.717, 1.165) is 45.3 Å². The number of carbonyl (C=O) groups is 1. The van der Waals surface area contributed by atoms with E-state index in [1.807, 2.05) is 0 Å². The fraction of sp³-hybridized carbons (Fsp3) is 0.571. The summed E-state index contributed by atoms with van der Waals surface area (Å²) < 4.78 is 5.70. The van der Waals surface area contributed by atoms with Crippen LogP contribution in [0.3, 0.4) is 0 Å². The zero-order chi connectivity index (χ0) is 18.3. The number of nitrogens with zero attached hydrogens (tertiary/aromatic N) is 1. The van der Waals surface area contributed by atoms with Gasteiger partial charge in [-0.1, -0.05) is 19.1 Å². The molecule has 26 heavy (non-hydrogen) atoms. The third kappa shape index (κ3) is 2.98. The molecule has 1 aromatic heterocycles. The standard InChI is InChI=1S/C21H29N3O2/c1-4-19-21(26-20(25)23-19)8-11-24(12-9-21)10-7-16-15(3)22-18-13-14(2)5-6-17(16)18/h5-6,13,19,22H,4,7-12H2,1-3H3,(H,23,25). The molecule has 2 fully saturated rings. The molecule has 1 atom stereocenters. The highest BCUT2D eigenvalue weighted by Gasteiger charge is 2.49. The number of aryl methyl sites for hydroxylation is 2. The summed E-state index contributed by atoms with van der Waals surface area (Å²) in [4.78, 5) is 17.7. The van der Waals surface area contributed by atoms with Gasteiger partial charge < -0.3 is 19.9 Å². The number of amides is 1. The van der Waals surface area contributed by atoms with Crippen molar-refractivity contribution in [2.75, 3.05) is 19.6 Å². The van der Waals surface area contributed by atoms with Crippen molar-refractivity contribution in [3.63, 3.8) is 0 Å². The molecular weight excluding hydrogens is 326 g/mol. The number of likely N-dealkylation sites (tertiary alicyclic amines) is 1. The second-order valence-electron chi connectivity index (χ2n) is 7.93. The first-order valence-corrected chi connectivity index (χ1v) is 9.80. The quantitative estimate of drug-likeness (QED) is 0.880. The Morgan fingerprint density at radius 3 is 2.77 bits per heavy atom. The van der Waals surface area contributed by atoms with Crippen LogP contribution in [0, 0.1) is 13.8 Å². The number of rotatable bonds is 4. The first-order chi connectivity index (χ1) is 12.5. The molecule has 2 aliphatic heterocycles.